The molecule has 0 unspecified atom stereocenters. The standard InChI is InChI=1S/C18H15F3N6O4/c19-18(20,21)12-7-14(26(28)29)17(15(8-12)27(30)31)24-13-3-5-25(6-4-13)16-2-1-11(9-22)10-23-16/h1-2,7-8,10,13,24H,3-6H2. The van der Waals surface area contributed by atoms with Crippen LogP contribution in [0.2, 0.25) is 0 Å². The number of aromatic nitrogens is 1. The summed E-state index contributed by atoms with van der Waals surface area (Å²) in [5, 5.41) is 34.2. The minimum absolute atomic E-state index is 0.297. The van der Waals surface area contributed by atoms with Gasteiger partial charge in [-0.3, -0.25) is 20.2 Å². The molecule has 0 aliphatic carbocycles. The van der Waals surface area contributed by atoms with E-state index in [9.17, 15) is 33.4 Å². The number of nitriles is 1. The molecule has 0 bridgehead atoms. The van der Waals surface area contributed by atoms with E-state index in [0.29, 0.717) is 49.4 Å². The van der Waals surface area contributed by atoms with Crippen LogP contribution < -0.4 is 10.2 Å². The minimum Gasteiger partial charge on any atom is -0.371 e. The lowest BCUT2D eigenvalue weighted by molar-refractivity contribution is -0.392. The molecule has 0 radical (unpaired) electrons. The molecule has 0 saturated carbocycles. The number of piperidine rings is 1. The molecule has 31 heavy (non-hydrogen) atoms. The summed E-state index contributed by atoms with van der Waals surface area (Å²) in [4.78, 5) is 26.6. The van der Waals surface area contributed by atoms with Gasteiger partial charge in [-0.2, -0.15) is 18.4 Å². The minimum atomic E-state index is -4.96. The van der Waals surface area contributed by atoms with Crippen molar-refractivity contribution in [1.82, 2.24) is 4.98 Å². The molecule has 1 aromatic heterocycles. The van der Waals surface area contributed by atoms with Gasteiger partial charge in [0.05, 0.1) is 21.0 Å². The van der Waals surface area contributed by atoms with E-state index in [-0.39, 0.29) is 0 Å². The first-order valence-corrected chi connectivity index (χ1v) is 9.02. The highest BCUT2D eigenvalue weighted by Gasteiger charge is 2.38. The average Bonchev–Trinajstić information content (AvgIpc) is 2.73. The molecule has 3 rings (SSSR count). The second kappa shape index (κ2) is 8.42. The fourth-order valence-electron chi connectivity index (χ4n) is 3.31. The van der Waals surface area contributed by atoms with Crippen molar-refractivity contribution in [1.29, 1.82) is 5.26 Å². The predicted molar refractivity (Wildman–Crippen MR) is 103 cm³/mol. The zero-order valence-corrected chi connectivity index (χ0v) is 15.8. The van der Waals surface area contributed by atoms with Gasteiger partial charge in [0.15, 0.2) is 5.69 Å². The Kier molecular flexibility index (Phi) is 5.91. The monoisotopic (exact) mass is 436 g/mol. The van der Waals surface area contributed by atoms with E-state index in [1.807, 2.05) is 11.0 Å². The van der Waals surface area contributed by atoms with E-state index in [4.69, 9.17) is 5.26 Å². The lowest BCUT2D eigenvalue weighted by atomic mass is 10.0. The van der Waals surface area contributed by atoms with Gasteiger partial charge >= 0.3 is 6.18 Å². The summed E-state index contributed by atoms with van der Waals surface area (Å²) in [6.45, 7) is 0.914. The van der Waals surface area contributed by atoms with E-state index in [1.54, 1.807) is 12.1 Å². The fraction of sp³-hybridized carbons (Fsp3) is 0.333. The summed E-state index contributed by atoms with van der Waals surface area (Å²) in [6, 6.07) is 5.42. The topological polar surface area (TPSA) is 138 Å². The van der Waals surface area contributed by atoms with Crippen LogP contribution in [0.15, 0.2) is 30.5 Å². The molecule has 2 aromatic rings. The summed E-state index contributed by atoms with van der Waals surface area (Å²) < 4.78 is 39.1. The maximum Gasteiger partial charge on any atom is 0.416 e. The largest absolute Gasteiger partial charge is 0.416 e. The predicted octanol–water partition coefficient (Wildman–Crippen LogP) is 3.87. The number of nitro benzene ring substituents is 2. The molecule has 0 amide bonds. The van der Waals surface area contributed by atoms with Gasteiger partial charge in [-0.05, 0) is 25.0 Å². The van der Waals surface area contributed by atoms with Crippen molar-refractivity contribution in [3.05, 3.63) is 61.8 Å². The molecule has 162 valence electrons. The van der Waals surface area contributed by atoms with Crippen LogP contribution in [0.5, 0.6) is 0 Å². The second-order valence-electron chi connectivity index (χ2n) is 6.82. The number of nitrogens with one attached hydrogen (secondary N) is 1. The van der Waals surface area contributed by atoms with Gasteiger partial charge in [-0.25, -0.2) is 4.98 Å². The van der Waals surface area contributed by atoms with Crippen molar-refractivity contribution in [3.63, 3.8) is 0 Å². The summed E-state index contributed by atoms with van der Waals surface area (Å²) in [5.41, 5.74) is -3.60. The van der Waals surface area contributed by atoms with Gasteiger partial charge in [-0.1, -0.05) is 0 Å². The van der Waals surface area contributed by atoms with Crippen molar-refractivity contribution in [3.8, 4) is 6.07 Å². The lowest BCUT2D eigenvalue weighted by Crippen LogP contribution is -2.39. The Morgan fingerprint density at radius 3 is 2.13 bits per heavy atom. The normalized spacial score (nSPS) is 14.7. The molecule has 2 heterocycles. The Morgan fingerprint density at radius 1 is 1.13 bits per heavy atom. The first kappa shape index (κ1) is 21.8. The van der Waals surface area contributed by atoms with Crippen LogP contribution in [0.1, 0.15) is 24.0 Å². The number of benzene rings is 1. The average molecular weight is 436 g/mol. The maximum atomic E-state index is 13.0. The molecular formula is C18H15F3N6O4. The Morgan fingerprint density at radius 2 is 1.71 bits per heavy atom. The van der Waals surface area contributed by atoms with Crippen LogP contribution in [0.3, 0.4) is 0 Å². The number of rotatable bonds is 5. The summed E-state index contributed by atoms with van der Waals surface area (Å²) >= 11 is 0. The Hall–Kier alpha value is -3.95. The third-order valence-corrected chi connectivity index (χ3v) is 4.86. The molecule has 1 aliphatic rings. The Balaban J connectivity index is 1.81. The maximum absolute atomic E-state index is 13.0. The van der Waals surface area contributed by atoms with Crippen molar-refractivity contribution >= 4 is 22.9 Å². The molecule has 1 N–H and O–H groups in total. The number of alkyl halides is 3. The molecule has 1 fully saturated rings. The molecule has 1 aromatic carbocycles. The lowest BCUT2D eigenvalue weighted by Gasteiger charge is -2.33. The molecule has 13 heteroatoms. The molecule has 1 saturated heterocycles. The molecule has 0 atom stereocenters. The quantitative estimate of drug-likeness (QED) is 0.551. The highest BCUT2D eigenvalue weighted by atomic mass is 19.4. The molecule has 1 aliphatic heterocycles. The van der Waals surface area contributed by atoms with Crippen molar-refractivity contribution in [2.24, 2.45) is 0 Å². The highest BCUT2D eigenvalue weighted by Crippen LogP contribution is 2.42. The summed E-state index contributed by atoms with van der Waals surface area (Å²) in [6.07, 6.45) is -2.71. The van der Waals surface area contributed by atoms with E-state index < -0.39 is 44.7 Å². The molecule has 10 nitrogen and oxygen atoms in total. The van der Waals surface area contributed by atoms with Crippen molar-refractivity contribution < 1.29 is 23.0 Å². The third kappa shape index (κ3) is 4.80. The van der Waals surface area contributed by atoms with E-state index >= 15 is 0 Å². The van der Waals surface area contributed by atoms with Gasteiger partial charge in [0.2, 0.25) is 0 Å². The number of pyridine rings is 1. The van der Waals surface area contributed by atoms with Crippen LogP contribution >= 0.6 is 0 Å². The van der Waals surface area contributed by atoms with Gasteiger partial charge in [-0.15, -0.1) is 0 Å². The first-order chi connectivity index (χ1) is 14.6. The van der Waals surface area contributed by atoms with E-state index in [0.717, 1.165) is 0 Å². The van der Waals surface area contributed by atoms with Crippen LogP contribution in [-0.4, -0.2) is 34.0 Å². The smallest absolute Gasteiger partial charge is 0.371 e. The fourth-order valence-corrected chi connectivity index (χ4v) is 3.31. The number of nitro groups is 2. The number of anilines is 2. The van der Waals surface area contributed by atoms with Gasteiger partial charge in [0, 0.05) is 37.5 Å². The Labute approximate surface area is 173 Å². The first-order valence-electron chi connectivity index (χ1n) is 9.02. The van der Waals surface area contributed by atoms with Gasteiger partial charge < -0.3 is 10.2 Å². The van der Waals surface area contributed by atoms with Gasteiger partial charge in [0.1, 0.15) is 11.9 Å². The zero-order chi connectivity index (χ0) is 22.8. The van der Waals surface area contributed by atoms with E-state index in [1.165, 1.54) is 6.20 Å². The van der Waals surface area contributed by atoms with Crippen LogP contribution in [0, 0.1) is 31.6 Å². The number of nitrogens with zero attached hydrogens (tertiary/aromatic N) is 5. The Bertz CT molecular complexity index is 1010. The van der Waals surface area contributed by atoms with Crippen molar-refractivity contribution in [2.45, 2.75) is 25.1 Å². The number of halogens is 3. The number of hydrogen-bond donors (Lipinski definition) is 1. The highest BCUT2D eigenvalue weighted by molar-refractivity contribution is 5.75. The van der Waals surface area contributed by atoms with E-state index in [2.05, 4.69) is 10.3 Å². The van der Waals surface area contributed by atoms with Crippen LogP contribution in [-0.2, 0) is 6.18 Å². The van der Waals surface area contributed by atoms with Crippen LogP contribution in [0.25, 0.3) is 0 Å². The number of hydrogen-bond acceptors (Lipinski definition) is 8. The summed E-state index contributed by atoms with van der Waals surface area (Å²) in [7, 11) is 0. The zero-order valence-electron chi connectivity index (χ0n) is 15.8. The van der Waals surface area contributed by atoms with Crippen LogP contribution in [0.4, 0.5) is 36.1 Å². The van der Waals surface area contributed by atoms with Gasteiger partial charge in [0.25, 0.3) is 11.4 Å². The summed E-state index contributed by atoms with van der Waals surface area (Å²) in [5.74, 6) is 0.629. The SMILES string of the molecule is N#Cc1ccc(N2CCC(Nc3c([N+](=O)[O-])cc(C(F)(F)F)cc3[N+](=O)[O-])CC2)nc1. The third-order valence-electron chi connectivity index (χ3n) is 4.86. The second-order valence-corrected chi connectivity index (χ2v) is 6.82. The van der Waals surface area contributed by atoms with Crippen molar-refractivity contribution in [2.75, 3.05) is 23.3 Å². The molecular weight excluding hydrogens is 421 g/mol. The molecule has 0 spiro atoms.